The van der Waals surface area contributed by atoms with Gasteiger partial charge in [-0.2, -0.15) is 0 Å². The first-order chi connectivity index (χ1) is 23.6. The summed E-state index contributed by atoms with van der Waals surface area (Å²) in [4.78, 5) is 68.2. The molecule has 0 heterocycles. The van der Waals surface area contributed by atoms with Crippen molar-refractivity contribution in [3.05, 3.63) is 0 Å². The van der Waals surface area contributed by atoms with Gasteiger partial charge in [0.05, 0.1) is 39.6 Å². The number of ketones is 1. The number of ether oxygens (including phenoxy) is 4. The Bertz CT molecular complexity index is 919. The molecule has 49 heavy (non-hydrogen) atoms. The number of carboxylic acid groups (broad SMARTS) is 2. The quantitative estimate of drug-likeness (QED) is 0.0596. The van der Waals surface area contributed by atoms with Crippen molar-refractivity contribution in [2.75, 3.05) is 65.9 Å². The third kappa shape index (κ3) is 34.5. The molecule has 0 rings (SSSR count). The molecular formula is C34H61N3O12. The number of rotatable bonds is 36. The molecule has 1 atom stereocenters. The van der Waals surface area contributed by atoms with E-state index >= 15 is 0 Å². The highest BCUT2D eigenvalue weighted by molar-refractivity contribution is 5.85. The van der Waals surface area contributed by atoms with Gasteiger partial charge in [-0.1, -0.05) is 64.2 Å². The molecule has 15 nitrogen and oxygen atoms in total. The Labute approximate surface area is 290 Å². The predicted molar refractivity (Wildman–Crippen MR) is 181 cm³/mol. The Balaban J connectivity index is 3.44. The van der Waals surface area contributed by atoms with Gasteiger partial charge in [0.15, 0.2) is 0 Å². The second kappa shape index (κ2) is 33.4. The van der Waals surface area contributed by atoms with E-state index in [9.17, 15) is 28.8 Å². The summed E-state index contributed by atoms with van der Waals surface area (Å²) in [5.41, 5.74) is 0. The van der Waals surface area contributed by atoms with Gasteiger partial charge in [0, 0.05) is 32.4 Å². The van der Waals surface area contributed by atoms with Crippen LogP contribution in [0.15, 0.2) is 0 Å². The summed E-state index contributed by atoms with van der Waals surface area (Å²) in [6.07, 6.45) is 14.1. The monoisotopic (exact) mass is 703 g/mol. The van der Waals surface area contributed by atoms with Crippen LogP contribution in [0, 0.1) is 0 Å². The molecule has 0 unspecified atom stereocenters. The van der Waals surface area contributed by atoms with Crippen LogP contribution in [0.25, 0.3) is 0 Å². The number of carboxylic acids is 2. The summed E-state index contributed by atoms with van der Waals surface area (Å²) in [5, 5.41) is 25.5. The number of amides is 3. The van der Waals surface area contributed by atoms with Crippen LogP contribution < -0.4 is 16.0 Å². The highest BCUT2D eigenvalue weighted by Gasteiger charge is 2.20. The van der Waals surface area contributed by atoms with Gasteiger partial charge >= 0.3 is 11.9 Å². The molecule has 0 aromatic heterocycles. The zero-order chi connectivity index (χ0) is 36.4. The molecule has 0 aliphatic carbocycles. The third-order valence-electron chi connectivity index (χ3n) is 7.31. The van der Waals surface area contributed by atoms with Crippen LogP contribution in [-0.4, -0.2) is 118 Å². The van der Waals surface area contributed by atoms with Gasteiger partial charge in [-0.15, -0.1) is 0 Å². The van der Waals surface area contributed by atoms with Gasteiger partial charge in [-0.25, -0.2) is 4.79 Å². The number of unbranched alkanes of at least 4 members (excludes halogenated alkanes) is 11. The molecule has 0 saturated carbocycles. The maximum atomic E-state index is 12.0. The van der Waals surface area contributed by atoms with Crippen molar-refractivity contribution in [3.63, 3.8) is 0 Å². The predicted octanol–water partition coefficient (Wildman–Crippen LogP) is 2.77. The highest BCUT2D eigenvalue weighted by Crippen LogP contribution is 2.13. The Morgan fingerprint density at radius 1 is 0.510 bits per heavy atom. The molecule has 0 aromatic rings. The molecule has 0 aliphatic rings. The zero-order valence-electron chi connectivity index (χ0n) is 29.4. The van der Waals surface area contributed by atoms with Gasteiger partial charge in [-0.3, -0.25) is 19.2 Å². The second-order valence-corrected chi connectivity index (χ2v) is 11.9. The standard InChI is InChI=1S/C34H61N3O12/c1-28(38)16-17-29(34(44)45)37-32(41)27-49-25-23-47-21-19-36-31(40)26-48-24-22-46-20-18-35-30(39)14-12-10-8-6-4-2-3-5-7-9-11-13-15-33(42)43/h29H,2-27H2,1H3,(H,35,39)(H,36,40)(H,37,41)(H,42,43)(H,44,45)/t29-/m0/s1. The van der Waals surface area contributed by atoms with E-state index < -0.39 is 23.9 Å². The minimum absolute atomic E-state index is 0.0117. The maximum absolute atomic E-state index is 12.0. The van der Waals surface area contributed by atoms with Crippen LogP contribution in [0.4, 0.5) is 0 Å². The Hall–Kier alpha value is -3.14. The first-order valence-electron chi connectivity index (χ1n) is 17.7. The summed E-state index contributed by atoms with van der Waals surface area (Å²) < 4.78 is 21.1. The van der Waals surface area contributed by atoms with E-state index in [0.717, 1.165) is 38.5 Å². The first-order valence-corrected chi connectivity index (χ1v) is 17.7. The molecule has 0 bridgehead atoms. The summed E-state index contributed by atoms with van der Waals surface area (Å²) in [7, 11) is 0. The fourth-order valence-corrected chi connectivity index (χ4v) is 4.60. The Morgan fingerprint density at radius 2 is 0.939 bits per heavy atom. The molecule has 0 spiro atoms. The average molecular weight is 704 g/mol. The fourth-order valence-electron chi connectivity index (χ4n) is 4.60. The lowest BCUT2D eigenvalue weighted by Gasteiger charge is -2.14. The van der Waals surface area contributed by atoms with E-state index in [1.807, 2.05) is 0 Å². The minimum Gasteiger partial charge on any atom is -0.481 e. The van der Waals surface area contributed by atoms with Crippen LogP contribution in [0.1, 0.15) is 110 Å². The minimum atomic E-state index is -1.22. The van der Waals surface area contributed by atoms with E-state index in [1.165, 1.54) is 45.4 Å². The molecule has 0 radical (unpaired) electrons. The number of Topliss-reactive ketones (excluding diaryl/α,β-unsaturated/α-hetero) is 1. The lowest BCUT2D eigenvalue weighted by Crippen LogP contribution is -2.42. The normalized spacial score (nSPS) is 11.5. The van der Waals surface area contributed by atoms with Crippen molar-refractivity contribution in [2.45, 2.75) is 116 Å². The van der Waals surface area contributed by atoms with Crippen molar-refractivity contribution in [1.82, 2.24) is 16.0 Å². The van der Waals surface area contributed by atoms with Crippen LogP contribution in [0.2, 0.25) is 0 Å². The maximum Gasteiger partial charge on any atom is 0.326 e. The summed E-state index contributed by atoms with van der Waals surface area (Å²) in [5.74, 6) is -2.98. The molecule has 0 aromatic carbocycles. The molecule has 0 saturated heterocycles. The summed E-state index contributed by atoms with van der Waals surface area (Å²) >= 11 is 0. The molecule has 284 valence electrons. The number of carbonyl (C=O) groups excluding carboxylic acids is 4. The van der Waals surface area contributed by atoms with Gasteiger partial charge in [0.25, 0.3) is 0 Å². The SMILES string of the molecule is CC(=O)CC[C@H](NC(=O)COCCOCCNC(=O)COCCOCCNC(=O)CCCCCCCCCCCCCCC(=O)O)C(=O)O. The lowest BCUT2D eigenvalue weighted by molar-refractivity contribution is -0.143. The Morgan fingerprint density at radius 3 is 1.41 bits per heavy atom. The zero-order valence-corrected chi connectivity index (χ0v) is 29.4. The smallest absolute Gasteiger partial charge is 0.326 e. The number of hydrogen-bond acceptors (Lipinski definition) is 10. The highest BCUT2D eigenvalue weighted by atomic mass is 16.5. The van der Waals surface area contributed by atoms with Crippen LogP contribution in [0.3, 0.4) is 0 Å². The van der Waals surface area contributed by atoms with Gasteiger partial charge in [-0.05, 0) is 26.2 Å². The van der Waals surface area contributed by atoms with E-state index in [1.54, 1.807) is 0 Å². The largest absolute Gasteiger partial charge is 0.481 e. The summed E-state index contributed by atoms with van der Waals surface area (Å²) in [6.45, 7) is 2.96. The molecule has 0 fully saturated rings. The van der Waals surface area contributed by atoms with E-state index in [0.29, 0.717) is 26.2 Å². The first kappa shape index (κ1) is 45.9. The third-order valence-corrected chi connectivity index (χ3v) is 7.31. The Kier molecular flexibility index (Phi) is 31.2. The van der Waals surface area contributed by atoms with E-state index in [4.69, 9.17) is 29.2 Å². The van der Waals surface area contributed by atoms with Crippen LogP contribution in [0.5, 0.6) is 0 Å². The van der Waals surface area contributed by atoms with Crippen molar-refractivity contribution in [3.8, 4) is 0 Å². The number of aliphatic carboxylic acids is 2. The molecule has 5 N–H and O–H groups in total. The van der Waals surface area contributed by atoms with E-state index in [-0.39, 0.29) is 83.0 Å². The van der Waals surface area contributed by atoms with Crippen LogP contribution >= 0.6 is 0 Å². The average Bonchev–Trinajstić information content (AvgIpc) is 3.05. The lowest BCUT2D eigenvalue weighted by atomic mass is 10.0. The van der Waals surface area contributed by atoms with Crippen molar-refractivity contribution in [2.24, 2.45) is 0 Å². The molecule has 3 amide bonds. The van der Waals surface area contributed by atoms with Crippen molar-refractivity contribution >= 4 is 35.4 Å². The molecular weight excluding hydrogens is 642 g/mol. The topological polar surface area (TPSA) is 216 Å². The molecule has 15 heteroatoms. The van der Waals surface area contributed by atoms with Gasteiger partial charge in [0.1, 0.15) is 25.0 Å². The van der Waals surface area contributed by atoms with Gasteiger partial charge in [0.2, 0.25) is 17.7 Å². The summed E-state index contributed by atoms with van der Waals surface area (Å²) in [6, 6.07) is -1.15. The van der Waals surface area contributed by atoms with Crippen molar-refractivity contribution in [1.29, 1.82) is 0 Å². The number of hydrogen-bond donors (Lipinski definition) is 5. The van der Waals surface area contributed by atoms with Crippen LogP contribution in [-0.2, 0) is 47.7 Å². The number of carbonyl (C=O) groups is 6. The second-order valence-electron chi connectivity index (χ2n) is 11.9. The van der Waals surface area contributed by atoms with E-state index in [2.05, 4.69) is 16.0 Å². The van der Waals surface area contributed by atoms with Gasteiger partial charge < -0.3 is 49.9 Å². The van der Waals surface area contributed by atoms with Crippen molar-refractivity contribution < 1.29 is 57.9 Å². The molecule has 0 aliphatic heterocycles. The fraction of sp³-hybridized carbons (Fsp3) is 0.824. The number of nitrogens with one attached hydrogen (secondary N) is 3.